The van der Waals surface area contributed by atoms with Gasteiger partial charge >= 0.3 is 5.69 Å². The number of aromatic nitrogens is 2. The van der Waals surface area contributed by atoms with E-state index in [0.29, 0.717) is 18.7 Å². The Morgan fingerprint density at radius 1 is 1.30 bits per heavy atom. The number of likely N-dealkylation sites (N-methyl/N-ethyl adjacent to an activating group) is 1. The van der Waals surface area contributed by atoms with Crippen molar-refractivity contribution in [3.63, 3.8) is 0 Å². The molecule has 2 aliphatic heterocycles. The van der Waals surface area contributed by atoms with Gasteiger partial charge in [-0.05, 0) is 62.4 Å². The van der Waals surface area contributed by atoms with E-state index in [4.69, 9.17) is 23.8 Å². The molecule has 12 heteroatoms. The molecule has 0 aliphatic carbocycles. The largest absolute Gasteiger partial charge is 0.369 e. The van der Waals surface area contributed by atoms with E-state index >= 15 is 0 Å². The van der Waals surface area contributed by atoms with Crippen molar-refractivity contribution >= 4 is 8.53 Å². The van der Waals surface area contributed by atoms with Gasteiger partial charge in [-0.3, -0.25) is 19.2 Å². The monoisotopic (exact) mass is 539 g/mol. The van der Waals surface area contributed by atoms with Crippen LogP contribution in [-0.2, 0) is 18.5 Å². The Kier molecular flexibility index (Phi) is 9.39. The number of nitrogens with zero attached hydrogens (tertiary/aromatic N) is 4. The summed E-state index contributed by atoms with van der Waals surface area (Å²) in [6.07, 6.45) is -0.231. The van der Waals surface area contributed by atoms with Crippen molar-refractivity contribution in [2.24, 2.45) is 0 Å². The van der Waals surface area contributed by atoms with Gasteiger partial charge < -0.3 is 18.5 Å². The van der Waals surface area contributed by atoms with Gasteiger partial charge in [0.2, 0.25) is 0 Å². The summed E-state index contributed by atoms with van der Waals surface area (Å²) in [5.41, 5.74) is -1.44. The number of hydrogen-bond acceptors (Lipinski definition) is 9. The Labute approximate surface area is 220 Å². The first-order chi connectivity index (χ1) is 17.2. The fourth-order valence-corrected chi connectivity index (χ4v) is 6.35. The van der Waals surface area contributed by atoms with Gasteiger partial charge in [-0.15, -0.1) is 0 Å². The Balaban J connectivity index is 2.04. The lowest BCUT2D eigenvalue weighted by Crippen LogP contribution is -2.65. The minimum atomic E-state index is -1.62. The van der Waals surface area contributed by atoms with Crippen molar-refractivity contribution in [2.75, 3.05) is 26.8 Å². The topological polar surface area (TPSA) is 122 Å². The maximum absolute atomic E-state index is 12.9. The molecule has 2 fully saturated rings. The molecule has 3 heterocycles. The number of aryl methyl sites for hydroxylation is 1. The zero-order valence-electron chi connectivity index (χ0n) is 23.5. The lowest BCUT2D eigenvalue weighted by Gasteiger charge is -2.48. The van der Waals surface area contributed by atoms with Crippen LogP contribution in [0.2, 0.25) is 0 Å². The van der Waals surface area contributed by atoms with Crippen LogP contribution in [0, 0.1) is 18.3 Å². The number of aromatic amines is 1. The van der Waals surface area contributed by atoms with Crippen LogP contribution in [0.1, 0.15) is 66.7 Å². The lowest BCUT2D eigenvalue weighted by atomic mass is 9.88. The van der Waals surface area contributed by atoms with E-state index in [-0.39, 0.29) is 30.7 Å². The zero-order valence-corrected chi connectivity index (χ0v) is 24.4. The van der Waals surface area contributed by atoms with Gasteiger partial charge in [0.15, 0.2) is 6.23 Å². The predicted molar refractivity (Wildman–Crippen MR) is 141 cm³/mol. The van der Waals surface area contributed by atoms with E-state index < -0.39 is 43.8 Å². The van der Waals surface area contributed by atoms with Crippen LogP contribution < -0.4 is 11.2 Å². The molecule has 2 saturated heterocycles. The Morgan fingerprint density at radius 3 is 2.46 bits per heavy atom. The Bertz CT molecular complexity index is 1080. The zero-order chi connectivity index (χ0) is 27.7. The third kappa shape index (κ3) is 6.34. The molecule has 2 aliphatic rings. The second-order valence-electron chi connectivity index (χ2n) is 11.4. The fourth-order valence-electron chi connectivity index (χ4n) is 4.63. The summed E-state index contributed by atoms with van der Waals surface area (Å²) in [4.78, 5) is 29.6. The van der Waals surface area contributed by atoms with Crippen molar-refractivity contribution in [2.45, 2.75) is 103 Å². The third-order valence-corrected chi connectivity index (χ3v) is 9.03. The van der Waals surface area contributed by atoms with Crippen LogP contribution in [-0.4, -0.2) is 81.4 Å². The lowest BCUT2D eigenvalue weighted by molar-refractivity contribution is -0.240. The third-order valence-electron chi connectivity index (χ3n) is 6.90. The molecule has 1 aromatic heterocycles. The molecule has 11 nitrogen and oxygen atoms in total. The average molecular weight is 540 g/mol. The summed E-state index contributed by atoms with van der Waals surface area (Å²) in [7, 11) is 0.410. The molecule has 0 saturated carbocycles. The molecule has 208 valence electrons. The predicted octanol–water partition coefficient (Wildman–Crippen LogP) is 2.90. The van der Waals surface area contributed by atoms with Crippen LogP contribution >= 0.6 is 8.53 Å². The summed E-state index contributed by atoms with van der Waals surface area (Å²) in [5, 5.41) is 9.07. The first-order valence-corrected chi connectivity index (χ1v) is 13.9. The second-order valence-corrected chi connectivity index (χ2v) is 12.8. The molecule has 1 unspecified atom stereocenters. The molecule has 0 spiro atoms. The van der Waals surface area contributed by atoms with Crippen molar-refractivity contribution in [1.82, 2.24) is 19.1 Å². The highest BCUT2D eigenvalue weighted by Crippen LogP contribution is 2.55. The first-order valence-electron chi connectivity index (χ1n) is 12.8. The summed E-state index contributed by atoms with van der Waals surface area (Å²) >= 11 is 0. The summed E-state index contributed by atoms with van der Waals surface area (Å²) in [6.45, 7) is 17.4. The van der Waals surface area contributed by atoms with Gasteiger partial charge in [-0.2, -0.15) is 5.26 Å². The summed E-state index contributed by atoms with van der Waals surface area (Å²) in [5.74, 6) is 0. The highest BCUT2D eigenvalue weighted by atomic mass is 31.2. The van der Waals surface area contributed by atoms with E-state index in [9.17, 15) is 9.59 Å². The maximum Gasteiger partial charge on any atom is 0.330 e. The minimum Gasteiger partial charge on any atom is -0.369 e. The van der Waals surface area contributed by atoms with Crippen molar-refractivity contribution in [1.29, 1.82) is 5.26 Å². The number of hydrogen-bond donors (Lipinski definition) is 1. The van der Waals surface area contributed by atoms with Gasteiger partial charge in [0.25, 0.3) is 14.1 Å². The van der Waals surface area contributed by atoms with Crippen LogP contribution in [0.4, 0.5) is 0 Å². The number of nitrogens with one attached hydrogen (secondary N) is 1. The fraction of sp³-hybridized carbons (Fsp3) is 0.800. The maximum atomic E-state index is 12.9. The van der Waals surface area contributed by atoms with E-state index in [0.717, 1.165) is 0 Å². The van der Waals surface area contributed by atoms with E-state index in [1.807, 2.05) is 7.05 Å². The molecule has 1 aromatic rings. The number of H-pyrrole nitrogens is 1. The van der Waals surface area contributed by atoms with Crippen molar-refractivity contribution < 1.29 is 18.5 Å². The molecule has 0 radical (unpaired) electrons. The second kappa shape index (κ2) is 11.6. The van der Waals surface area contributed by atoms with Crippen LogP contribution in [0.5, 0.6) is 0 Å². The quantitative estimate of drug-likeness (QED) is 0.334. The van der Waals surface area contributed by atoms with E-state index in [1.165, 1.54) is 10.8 Å². The summed E-state index contributed by atoms with van der Waals surface area (Å²) < 4.78 is 29.1. The molecular weight excluding hydrogens is 497 g/mol. The molecule has 37 heavy (non-hydrogen) atoms. The van der Waals surface area contributed by atoms with Gasteiger partial charge in [0, 0.05) is 35.9 Å². The van der Waals surface area contributed by atoms with Crippen molar-refractivity contribution in [3.05, 3.63) is 32.6 Å². The number of nitriles is 1. The van der Waals surface area contributed by atoms with Crippen LogP contribution in [0.25, 0.3) is 0 Å². The number of ether oxygens (including phenoxy) is 2. The van der Waals surface area contributed by atoms with Crippen molar-refractivity contribution in [3.8, 4) is 6.07 Å². The van der Waals surface area contributed by atoms with Gasteiger partial charge in [0.05, 0.1) is 25.7 Å². The number of fused-ring (bicyclic) bond motifs is 1. The highest BCUT2D eigenvalue weighted by molar-refractivity contribution is 7.44. The normalized spacial score (nSPS) is 26.5. The van der Waals surface area contributed by atoms with E-state index in [2.05, 4.69) is 69.1 Å². The van der Waals surface area contributed by atoms with E-state index in [1.54, 1.807) is 6.92 Å². The Hall–Kier alpha value is -1.64. The van der Waals surface area contributed by atoms with Gasteiger partial charge in [0.1, 0.15) is 17.8 Å². The average Bonchev–Trinajstić information content (AvgIpc) is 2.96. The number of rotatable bonds is 11. The molecular formula is C25H42N5O6P. The smallest absolute Gasteiger partial charge is 0.330 e. The van der Waals surface area contributed by atoms with Crippen LogP contribution in [0.3, 0.4) is 0 Å². The molecule has 5 atom stereocenters. The van der Waals surface area contributed by atoms with Crippen LogP contribution in [0.15, 0.2) is 15.8 Å². The minimum absolute atomic E-state index is 0.103. The molecule has 0 aromatic carbocycles. The molecule has 0 amide bonds. The standard InChI is InChI=1S/C25H42N5O6P/c1-16(2)30(17(3)4)37(34-12-10-11-26)36-19-20-25(15-33-20,14-28(9)24(6,7)8)35-22(19)29-13-18(5)21(31)27-23(29)32/h13,16-17,19-20,22H,10,12,14-15H2,1-9H3,(H,27,31,32)/t19-,20+,22-,25+,37?/m1/s1. The first kappa shape index (κ1) is 29.9. The van der Waals surface area contributed by atoms with Gasteiger partial charge in [-0.25, -0.2) is 9.46 Å². The molecule has 1 N–H and O–H groups in total. The summed E-state index contributed by atoms with van der Waals surface area (Å²) in [6, 6.07) is 2.32. The highest BCUT2D eigenvalue weighted by Gasteiger charge is 2.65. The Morgan fingerprint density at radius 2 is 1.95 bits per heavy atom. The molecule has 3 rings (SSSR count). The molecule has 0 bridgehead atoms. The SMILES string of the molecule is Cc1cn([C@@H]2O[C@@]3(CN(C)C(C)(C)C)CO[C@H]3[C@H]2OP(OCCC#N)N(C(C)C)C(C)C)c(=O)[nH]c1=O. The van der Waals surface area contributed by atoms with Gasteiger partial charge in [-0.1, -0.05) is 0 Å².